The number of nitrogens with one attached hydrogen (secondary N) is 1. The van der Waals surface area contributed by atoms with Gasteiger partial charge >= 0.3 is 12.1 Å². The molecule has 7 heteroatoms. The molecule has 1 aliphatic carbocycles. The van der Waals surface area contributed by atoms with E-state index in [0.717, 1.165) is 12.1 Å². The van der Waals surface area contributed by atoms with Crippen molar-refractivity contribution in [2.24, 2.45) is 5.92 Å². The predicted octanol–water partition coefficient (Wildman–Crippen LogP) is 3.24. The number of hydrogen-bond acceptors (Lipinski definition) is 3. The van der Waals surface area contributed by atoms with Gasteiger partial charge in [0.15, 0.2) is 0 Å². The van der Waals surface area contributed by atoms with Crippen LogP contribution in [0, 0.1) is 17.2 Å². The van der Waals surface area contributed by atoms with Gasteiger partial charge in [-0.25, -0.2) is 0 Å². The Bertz CT molecular complexity index is 593. The van der Waals surface area contributed by atoms with Crippen LogP contribution < -0.4 is 5.32 Å². The average molecular weight is 298 g/mol. The summed E-state index contributed by atoms with van der Waals surface area (Å²) >= 11 is 0. The van der Waals surface area contributed by atoms with Crippen molar-refractivity contribution in [3.8, 4) is 6.07 Å². The monoisotopic (exact) mass is 298 g/mol. The van der Waals surface area contributed by atoms with Gasteiger partial charge in [0.05, 0.1) is 23.1 Å². The highest BCUT2D eigenvalue weighted by Gasteiger charge is 2.34. The first kappa shape index (κ1) is 15.2. The molecular formula is C14H13F3N2O2. The third-order valence-electron chi connectivity index (χ3n) is 3.60. The molecule has 0 spiro atoms. The van der Waals surface area contributed by atoms with Gasteiger partial charge in [-0.2, -0.15) is 18.4 Å². The molecule has 2 unspecified atom stereocenters. The van der Waals surface area contributed by atoms with Crippen LogP contribution in [0.15, 0.2) is 18.2 Å². The SMILES string of the molecule is N#Cc1cc(NC2CCC(C(=O)O)C2)ccc1C(F)(F)F. The van der Waals surface area contributed by atoms with Crippen LogP contribution in [0.25, 0.3) is 0 Å². The lowest BCUT2D eigenvalue weighted by Gasteiger charge is -2.16. The van der Waals surface area contributed by atoms with Crippen molar-refractivity contribution in [2.45, 2.75) is 31.5 Å². The Morgan fingerprint density at radius 1 is 1.38 bits per heavy atom. The summed E-state index contributed by atoms with van der Waals surface area (Å²) in [5, 5.41) is 20.7. The Hall–Kier alpha value is -2.23. The van der Waals surface area contributed by atoms with Crippen molar-refractivity contribution in [1.29, 1.82) is 5.26 Å². The number of carboxylic acids is 1. The highest BCUT2D eigenvalue weighted by atomic mass is 19.4. The first-order valence-electron chi connectivity index (χ1n) is 6.42. The largest absolute Gasteiger partial charge is 0.481 e. The number of rotatable bonds is 3. The number of nitriles is 1. The molecule has 0 radical (unpaired) electrons. The van der Waals surface area contributed by atoms with Gasteiger partial charge in [-0.1, -0.05) is 0 Å². The normalized spacial score (nSPS) is 21.8. The van der Waals surface area contributed by atoms with Crippen LogP contribution in [0.1, 0.15) is 30.4 Å². The summed E-state index contributed by atoms with van der Waals surface area (Å²) in [6, 6.07) is 4.71. The zero-order valence-corrected chi connectivity index (χ0v) is 10.9. The first-order chi connectivity index (χ1) is 9.81. The van der Waals surface area contributed by atoms with E-state index in [1.54, 1.807) is 6.07 Å². The van der Waals surface area contributed by atoms with Crippen molar-refractivity contribution < 1.29 is 23.1 Å². The van der Waals surface area contributed by atoms with E-state index in [4.69, 9.17) is 10.4 Å². The lowest BCUT2D eigenvalue weighted by molar-refractivity contribution is -0.141. The van der Waals surface area contributed by atoms with Crippen LogP contribution in [0.2, 0.25) is 0 Å². The molecule has 0 amide bonds. The summed E-state index contributed by atoms with van der Waals surface area (Å²) in [7, 11) is 0. The van der Waals surface area contributed by atoms with Gasteiger partial charge in [0.25, 0.3) is 0 Å². The second-order valence-electron chi connectivity index (χ2n) is 5.06. The molecule has 0 saturated heterocycles. The molecule has 0 bridgehead atoms. The molecule has 1 aromatic rings. The zero-order valence-electron chi connectivity index (χ0n) is 10.9. The number of aliphatic carboxylic acids is 1. The van der Waals surface area contributed by atoms with Crippen LogP contribution in [0.3, 0.4) is 0 Å². The Kier molecular flexibility index (Phi) is 4.07. The number of benzene rings is 1. The smallest absolute Gasteiger partial charge is 0.417 e. The summed E-state index contributed by atoms with van der Waals surface area (Å²) in [6.07, 6.45) is -2.96. The Morgan fingerprint density at radius 3 is 2.62 bits per heavy atom. The van der Waals surface area contributed by atoms with Crippen LogP contribution in [-0.4, -0.2) is 17.1 Å². The minimum atomic E-state index is -4.56. The molecule has 0 heterocycles. The number of hydrogen-bond donors (Lipinski definition) is 2. The molecule has 112 valence electrons. The van der Waals surface area contributed by atoms with Gasteiger partial charge in [-0.05, 0) is 37.5 Å². The third-order valence-corrected chi connectivity index (χ3v) is 3.60. The lowest BCUT2D eigenvalue weighted by Crippen LogP contribution is -2.18. The molecule has 2 rings (SSSR count). The maximum absolute atomic E-state index is 12.7. The van der Waals surface area contributed by atoms with E-state index in [-0.39, 0.29) is 6.04 Å². The fourth-order valence-electron chi connectivity index (χ4n) is 2.55. The molecule has 21 heavy (non-hydrogen) atoms. The summed E-state index contributed by atoms with van der Waals surface area (Å²) in [6.45, 7) is 0. The summed E-state index contributed by atoms with van der Waals surface area (Å²) in [5.41, 5.74) is -1.01. The van der Waals surface area contributed by atoms with E-state index in [2.05, 4.69) is 5.32 Å². The number of halogens is 3. The fraction of sp³-hybridized carbons (Fsp3) is 0.429. The molecule has 4 nitrogen and oxygen atoms in total. The topological polar surface area (TPSA) is 73.1 Å². The molecule has 0 aromatic heterocycles. The highest BCUT2D eigenvalue weighted by molar-refractivity contribution is 5.70. The zero-order chi connectivity index (χ0) is 15.6. The standard InChI is InChI=1S/C14H13F3N2O2/c15-14(16,17)12-4-3-11(6-9(12)7-18)19-10-2-1-8(5-10)13(20)21/h3-4,6,8,10,19H,1-2,5H2,(H,20,21). The molecule has 1 aromatic carbocycles. The van der Waals surface area contributed by atoms with Crippen LogP contribution >= 0.6 is 0 Å². The van der Waals surface area contributed by atoms with E-state index >= 15 is 0 Å². The van der Waals surface area contributed by atoms with Gasteiger partial charge in [0.1, 0.15) is 0 Å². The van der Waals surface area contributed by atoms with Crippen molar-refractivity contribution in [2.75, 3.05) is 5.32 Å². The van der Waals surface area contributed by atoms with Crippen LogP contribution in [0.4, 0.5) is 18.9 Å². The molecule has 0 aliphatic heterocycles. The third kappa shape index (κ3) is 3.45. The van der Waals surface area contributed by atoms with E-state index in [9.17, 15) is 18.0 Å². The highest BCUT2D eigenvalue weighted by Crippen LogP contribution is 2.34. The minimum Gasteiger partial charge on any atom is -0.481 e. The second kappa shape index (κ2) is 5.64. The van der Waals surface area contributed by atoms with Crippen LogP contribution in [0.5, 0.6) is 0 Å². The van der Waals surface area contributed by atoms with Crippen molar-refractivity contribution in [1.82, 2.24) is 0 Å². The number of alkyl halides is 3. The number of carbonyl (C=O) groups is 1. The quantitative estimate of drug-likeness (QED) is 0.898. The molecule has 1 aliphatic rings. The molecule has 1 fully saturated rings. The van der Waals surface area contributed by atoms with Gasteiger partial charge < -0.3 is 10.4 Å². The first-order valence-corrected chi connectivity index (χ1v) is 6.42. The van der Waals surface area contributed by atoms with Gasteiger partial charge in [0.2, 0.25) is 0 Å². The second-order valence-corrected chi connectivity index (χ2v) is 5.06. The van der Waals surface area contributed by atoms with Gasteiger partial charge in [-0.3, -0.25) is 4.79 Å². The van der Waals surface area contributed by atoms with Crippen LogP contribution in [-0.2, 0) is 11.0 Å². The minimum absolute atomic E-state index is 0.102. The number of nitrogens with zero attached hydrogens (tertiary/aromatic N) is 1. The van der Waals surface area contributed by atoms with E-state index in [1.807, 2.05) is 0 Å². The number of carboxylic acid groups (broad SMARTS) is 1. The van der Waals surface area contributed by atoms with Crippen molar-refractivity contribution >= 4 is 11.7 Å². The Labute approximate surface area is 119 Å². The number of anilines is 1. The molecular weight excluding hydrogens is 285 g/mol. The molecule has 1 saturated carbocycles. The summed E-state index contributed by atoms with van der Waals surface area (Å²) in [5.74, 6) is -1.28. The van der Waals surface area contributed by atoms with Crippen molar-refractivity contribution in [3.63, 3.8) is 0 Å². The van der Waals surface area contributed by atoms with E-state index < -0.39 is 29.2 Å². The van der Waals surface area contributed by atoms with E-state index in [0.29, 0.717) is 24.9 Å². The summed E-state index contributed by atoms with van der Waals surface area (Å²) in [4.78, 5) is 10.9. The van der Waals surface area contributed by atoms with Gasteiger partial charge in [-0.15, -0.1) is 0 Å². The van der Waals surface area contributed by atoms with Crippen molar-refractivity contribution in [3.05, 3.63) is 29.3 Å². The lowest BCUT2D eigenvalue weighted by atomic mass is 10.1. The Morgan fingerprint density at radius 2 is 2.10 bits per heavy atom. The predicted molar refractivity (Wildman–Crippen MR) is 68.5 cm³/mol. The molecule has 2 N–H and O–H groups in total. The maximum Gasteiger partial charge on any atom is 0.417 e. The fourth-order valence-corrected chi connectivity index (χ4v) is 2.55. The Balaban J connectivity index is 2.13. The summed E-state index contributed by atoms with van der Waals surface area (Å²) < 4.78 is 38.0. The average Bonchev–Trinajstić information content (AvgIpc) is 2.86. The molecule has 2 atom stereocenters. The van der Waals surface area contributed by atoms with Gasteiger partial charge in [0, 0.05) is 11.7 Å². The van der Waals surface area contributed by atoms with E-state index in [1.165, 1.54) is 6.07 Å². The maximum atomic E-state index is 12.7.